The third kappa shape index (κ3) is 6.22. The van der Waals surface area contributed by atoms with Crippen molar-refractivity contribution in [3.63, 3.8) is 0 Å². The number of allylic oxidation sites excluding steroid dienone is 1. The number of aliphatic imine (C=N–C) groups is 1. The molecule has 2 bridgehead atoms. The molecule has 1 aromatic carbocycles. The summed E-state index contributed by atoms with van der Waals surface area (Å²) in [6.45, 7) is 1.33. The van der Waals surface area contributed by atoms with Crippen LogP contribution in [-0.2, 0) is 18.9 Å². The summed E-state index contributed by atoms with van der Waals surface area (Å²) in [6, 6.07) is 1.86. The van der Waals surface area contributed by atoms with Crippen molar-refractivity contribution >= 4 is 22.8 Å². The van der Waals surface area contributed by atoms with Crippen LogP contribution in [0.2, 0.25) is 0 Å². The third-order valence-electron chi connectivity index (χ3n) is 6.49. The summed E-state index contributed by atoms with van der Waals surface area (Å²) in [7, 11) is 0. The Labute approximate surface area is 203 Å². The molecule has 11 heteroatoms. The van der Waals surface area contributed by atoms with Crippen molar-refractivity contribution in [2.75, 3.05) is 19.6 Å². The summed E-state index contributed by atoms with van der Waals surface area (Å²) in [5, 5.41) is 2.64. The molecule has 0 aromatic heterocycles. The topological polar surface area (TPSA) is 44.7 Å². The SMILES string of the molecule is C#CCNC1=NC(=O)SC1=CC1CC2CC(C1)CN(Cc1ccc(C(F)(F)F)cc1C(F)(F)F)C2. The number of carbonyl (C=O) groups excluding carboxylic acids is 1. The first kappa shape index (κ1) is 25.6. The number of likely N-dealkylation sites (tertiary alicyclic amines) is 1. The van der Waals surface area contributed by atoms with Crippen LogP contribution in [0.25, 0.3) is 0 Å². The summed E-state index contributed by atoms with van der Waals surface area (Å²) < 4.78 is 79.5. The molecular weight excluding hydrogens is 492 g/mol. The van der Waals surface area contributed by atoms with Gasteiger partial charge < -0.3 is 5.32 Å². The van der Waals surface area contributed by atoms with Gasteiger partial charge in [0.25, 0.3) is 0 Å². The number of amidine groups is 1. The number of benzene rings is 1. The number of carbonyl (C=O) groups is 1. The lowest BCUT2D eigenvalue weighted by Gasteiger charge is -2.44. The zero-order valence-corrected chi connectivity index (χ0v) is 19.4. The molecule has 0 spiro atoms. The standard InChI is InChI=1S/C24H23F6N3OS/c1-2-5-31-21-20(35-22(34)32-21)9-14-6-15-8-16(7-14)12-33(11-15)13-17-3-4-18(23(25,26)27)10-19(17)24(28,29)30/h1,3-4,9-10,14-16H,5-8,11-13H2,(H,31,32,34). The van der Waals surface area contributed by atoms with E-state index >= 15 is 0 Å². The molecule has 35 heavy (non-hydrogen) atoms. The summed E-state index contributed by atoms with van der Waals surface area (Å²) in [5.74, 6) is 3.60. The molecule has 1 aliphatic carbocycles. The summed E-state index contributed by atoms with van der Waals surface area (Å²) in [4.78, 5) is 18.4. The van der Waals surface area contributed by atoms with E-state index in [9.17, 15) is 31.1 Å². The van der Waals surface area contributed by atoms with Crippen LogP contribution < -0.4 is 5.32 Å². The van der Waals surface area contributed by atoms with Gasteiger partial charge in [0.1, 0.15) is 5.84 Å². The van der Waals surface area contributed by atoms with Crippen LogP contribution in [0.4, 0.5) is 31.1 Å². The Morgan fingerprint density at radius 3 is 2.40 bits per heavy atom. The molecule has 1 saturated heterocycles. The Hall–Kier alpha value is -2.45. The van der Waals surface area contributed by atoms with Crippen LogP contribution in [0.15, 0.2) is 34.2 Å². The summed E-state index contributed by atoms with van der Waals surface area (Å²) >= 11 is 1.05. The zero-order valence-electron chi connectivity index (χ0n) is 18.5. The number of hydrogen-bond acceptors (Lipinski definition) is 4. The van der Waals surface area contributed by atoms with Crippen molar-refractivity contribution in [1.29, 1.82) is 0 Å². The highest BCUT2D eigenvalue weighted by molar-refractivity contribution is 8.18. The van der Waals surface area contributed by atoms with Crippen molar-refractivity contribution in [2.24, 2.45) is 22.7 Å². The number of alkyl halides is 6. The van der Waals surface area contributed by atoms with Gasteiger partial charge in [-0.3, -0.25) is 9.69 Å². The molecule has 1 saturated carbocycles. The number of halogens is 6. The van der Waals surface area contributed by atoms with E-state index in [4.69, 9.17) is 6.42 Å². The van der Waals surface area contributed by atoms with Crippen LogP contribution in [0.5, 0.6) is 0 Å². The van der Waals surface area contributed by atoms with E-state index in [1.54, 1.807) is 0 Å². The van der Waals surface area contributed by atoms with Gasteiger partial charge in [0.15, 0.2) is 0 Å². The molecule has 4 rings (SSSR count). The van der Waals surface area contributed by atoms with Crippen LogP contribution in [-0.4, -0.2) is 35.6 Å². The minimum Gasteiger partial charge on any atom is -0.358 e. The summed E-state index contributed by atoms with van der Waals surface area (Å²) in [6.07, 6.45) is 0.165. The fourth-order valence-electron chi connectivity index (χ4n) is 5.28. The molecule has 4 nitrogen and oxygen atoms in total. The van der Waals surface area contributed by atoms with E-state index in [0.29, 0.717) is 25.0 Å². The molecule has 188 valence electrons. The molecule has 2 aliphatic heterocycles. The maximum absolute atomic E-state index is 13.5. The largest absolute Gasteiger partial charge is 0.416 e. The van der Waals surface area contributed by atoms with Gasteiger partial charge >= 0.3 is 17.6 Å². The maximum atomic E-state index is 13.5. The molecule has 2 heterocycles. The Bertz CT molecular complexity index is 1070. The number of terminal acetylenes is 1. The van der Waals surface area contributed by atoms with Gasteiger partial charge in [-0.25, -0.2) is 0 Å². The van der Waals surface area contributed by atoms with E-state index in [0.717, 1.165) is 42.0 Å². The van der Waals surface area contributed by atoms with E-state index in [-0.39, 0.29) is 47.7 Å². The highest BCUT2D eigenvalue weighted by Gasteiger charge is 2.40. The van der Waals surface area contributed by atoms with Crippen LogP contribution in [0.3, 0.4) is 0 Å². The van der Waals surface area contributed by atoms with Crippen LogP contribution in [0.1, 0.15) is 36.0 Å². The third-order valence-corrected chi connectivity index (χ3v) is 7.30. The minimum absolute atomic E-state index is 0.0527. The van der Waals surface area contributed by atoms with Gasteiger partial charge in [0, 0.05) is 19.6 Å². The molecule has 1 N–H and O–H groups in total. The van der Waals surface area contributed by atoms with Gasteiger partial charge in [-0.2, -0.15) is 31.3 Å². The predicted molar refractivity (Wildman–Crippen MR) is 121 cm³/mol. The lowest BCUT2D eigenvalue weighted by atomic mass is 9.72. The molecular formula is C24H23F6N3OS. The number of piperidine rings is 1. The number of nitrogens with zero attached hydrogens (tertiary/aromatic N) is 2. The lowest BCUT2D eigenvalue weighted by molar-refractivity contribution is -0.143. The Kier molecular flexibility index (Phi) is 7.25. The highest BCUT2D eigenvalue weighted by Crippen LogP contribution is 2.42. The number of nitrogens with one attached hydrogen (secondary N) is 1. The zero-order chi connectivity index (χ0) is 25.4. The molecule has 2 fully saturated rings. The monoisotopic (exact) mass is 515 g/mol. The van der Waals surface area contributed by atoms with Gasteiger partial charge in [0.2, 0.25) is 0 Å². The van der Waals surface area contributed by atoms with Gasteiger partial charge in [-0.1, -0.05) is 18.1 Å². The predicted octanol–water partition coefficient (Wildman–Crippen LogP) is 5.94. The van der Waals surface area contributed by atoms with E-state index < -0.39 is 23.5 Å². The molecule has 3 aliphatic rings. The normalized spacial score (nSPS) is 26.5. The Morgan fingerprint density at radius 2 is 1.80 bits per heavy atom. The second kappa shape index (κ2) is 9.90. The molecule has 2 unspecified atom stereocenters. The first-order chi connectivity index (χ1) is 16.4. The lowest BCUT2D eigenvalue weighted by Crippen LogP contribution is -2.44. The van der Waals surface area contributed by atoms with Crippen molar-refractivity contribution in [1.82, 2.24) is 10.2 Å². The average Bonchev–Trinajstić information content (AvgIpc) is 3.09. The average molecular weight is 516 g/mol. The van der Waals surface area contributed by atoms with E-state index in [2.05, 4.69) is 16.2 Å². The van der Waals surface area contributed by atoms with Crippen molar-refractivity contribution in [3.8, 4) is 12.3 Å². The maximum Gasteiger partial charge on any atom is 0.416 e. The first-order valence-corrected chi connectivity index (χ1v) is 11.9. The fourth-order valence-corrected chi connectivity index (χ4v) is 6.08. The quantitative estimate of drug-likeness (QED) is 0.398. The smallest absolute Gasteiger partial charge is 0.358 e. The van der Waals surface area contributed by atoms with Crippen LogP contribution in [0, 0.1) is 30.1 Å². The first-order valence-electron chi connectivity index (χ1n) is 11.1. The number of hydrogen-bond donors (Lipinski definition) is 1. The number of thioether (sulfide) groups is 1. The van der Waals surface area contributed by atoms with Crippen LogP contribution >= 0.6 is 11.8 Å². The molecule has 0 radical (unpaired) electrons. The number of rotatable bonds is 4. The summed E-state index contributed by atoms with van der Waals surface area (Å²) in [5.41, 5.74) is -2.69. The van der Waals surface area contributed by atoms with Gasteiger partial charge in [-0.05, 0) is 66.5 Å². The van der Waals surface area contributed by atoms with Gasteiger partial charge in [0.05, 0.1) is 22.6 Å². The number of fused-ring (bicyclic) bond motifs is 2. The van der Waals surface area contributed by atoms with Gasteiger partial charge in [-0.15, -0.1) is 6.42 Å². The van der Waals surface area contributed by atoms with E-state index in [1.807, 2.05) is 11.0 Å². The Morgan fingerprint density at radius 1 is 1.11 bits per heavy atom. The second-order valence-corrected chi connectivity index (χ2v) is 10.2. The van der Waals surface area contributed by atoms with Crippen molar-refractivity contribution in [3.05, 3.63) is 45.9 Å². The van der Waals surface area contributed by atoms with E-state index in [1.165, 1.54) is 0 Å². The minimum atomic E-state index is -4.87. The highest BCUT2D eigenvalue weighted by atomic mass is 32.2. The fraction of sp³-hybridized carbons (Fsp3) is 0.500. The van der Waals surface area contributed by atoms with Crippen molar-refractivity contribution < 1.29 is 31.1 Å². The van der Waals surface area contributed by atoms with Crippen molar-refractivity contribution in [2.45, 2.75) is 38.2 Å². The molecule has 1 amide bonds. The second-order valence-electron chi connectivity index (χ2n) is 9.18. The molecule has 2 atom stereocenters. The number of amides is 1. The Balaban J connectivity index is 1.45. The molecule has 1 aromatic rings.